The highest BCUT2D eigenvalue weighted by atomic mass is 16.5. The van der Waals surface area contributed by atoms with Crippen molar-refractivity contribution in [3.63, 3.8) is 0 Å². The molecular weight excluding hydrogens is 358 g/mol. The number of amides is 1. The van der Waals surface area contributed by atoms with E-state index in [4.69, 9.17) is 4.74 Å². The van der Waals surface area contributed by atoms with Gasteiger partial charge in [-0.1, -0.05) is 12.1 Å². The van der Waals surface area contributed by atoms with E-state index in [1.54, 1.807) is 24.3 Å². The molecule has 0 spiro atoms. The average molecular weight is 375 g/mol. The molecule has 0 bridgehead atoms. The Kier molecular flexibility index (Phi) is 6.64. The number of nitrogens with zero attached hydrogens (tertiary/aromatic N) is 1. The number of esters is 2. The highest BCUT2D eigenvalue weighted by Crippen LogP contribution is 2.05. The predicted octanol–water partition coefficient (Wildman–Crippen LogP) is -0.817. The summed E-state index contributed by atoms with van der Waals surface area (Å²) in [5.41, 5.74) is -0.205. The van der Waals surface area contributed by atoms with Gasteiger partial charge < -0.3 is 14.8 Å². The first kappa shape index (κ1) is 19.6. The summed E-state index contributed by atoms with van der Waals surface area (Å²) < 4.78 is 10.3. The topological polar surface area (TPSA) is 137 Å². The second-order valence-corrected chi connectivity index (χ2v) is 5.36. The lowest BCUT2D eigenvalue weighted by atomic mass is 10.1. The average Bonchev–Trinajstić information content (AvgIpc) is 2.66. The van der Waals surface area contributed by atoms with E-state index in [1.807, 2.05) is 4.98 Å². The molecule has 0 saturated carbocycles. The molecule has 1 aromatic carbocycles. The van der Waals surface area contributed by atoms with Crippen molar-refractivity contribution in [2.45, 2.75) is 13.1 Å². The Balaban J connectivity index is 1.77. The molecule has 10 nitrogen and oxygen atoms in total. The van der Waals surface area contributed by atoms with E-state index in [-0.39, 0.29) is 6.54 Å². The maximum absolute atomic E-state index is 11.7. The van der Waals surface area contributed by atoms with E-state index >= 15 is 0 Å². The molecule has 2 aromatic rings. The van der Waals surface area contributed by atoms with Gasteiger partial charge in [-0.25, -0.2) is 9.59 Å². The summed E-state index contributed by atoms with van der Waals surface area (Å²) in [6.45, 7) is -0.772. The molecule has 0 aliphatic carbocycles. The SMILES string of the molecule is COC(=O)c1ccc(CNC(=O)COC(=O)Cn2ccc(=O)[nH]c2=O)cc1. The zero-order valence-corrected chi connectivity index (χ0v) is 14.4. The monoisotopic (exact) mass is 375 g/mol. The van der Waals surface area contributed by atoms with Crippen LogP contribution in [0.3, 0.4) is 0 Å². The normalized spacial score (nSPS) is 10.1. The van der Waals surface area contributed by atoms with Crippen LogP contribution in [0.5, 0.6) is 0 Å². The minimum atomic E-state index is -0.804. The third kappa shape index (κ3) is 5.96. The fourth-order valence-corrected chi connectivity index (χ4v) is 2.03. The van der Waals surface area contributed by atoms with Crippen molar-refractivity contribution in [3.05, 3.63) is 68.5 Å². The van der Waals surface area contributed by atoms with Crippen LogP contribution in [0.1, 0.15) is 15.9 Å². The van der Waals surface area contributed by atoms with Gasteiger partial charge in [-0.05, 0) is 17.7 Å². The number of H-pyrrole nitrogens is 1. The molecule has 0 fully saturated rings. The molecule has 1 amide bonds. The number of rotatable bonds is 7. The van der Waals surface area contributed by atoms with Crippen molar-refractivity contribution < 1.29 is 23.9 Å². The molecule has 0 atom stereocenters. The molecule has 0 aliphatic rings. The Morgan fingerprint density at radius 1 is 1.11 bits per heavy atom. The van der Waals surface area contributed by atoms with Gasteiger partial charge in [0.05, 0.1) is 12.7 Å². The van der Waals surface area contributed by atoms with Crippen molar-refractivity contribution in [3.8, 4) is 0 Å². The summed E-state index contributed by atoms with van der Waals surface area (Å²) in [7, 11) is 1.28. The van der Waals surface area contributed by atoms with Crippen molar-refractivity contribution in [1.29, 1.82) is 0 Å². The van der Waals surface area contributed by atoms with Gasteiger partial charge in [-0.15, -0.1) is 0 Å². The number of benzene rings is 1. The van der Waals surface area contributed by atoms with Crippen LogP contribution in [0, 0.1) is 0 Å². The highest BCUT2D eigenvalue weighted by Gasteiger charge is 2.10. The summed E-state index contributed by atoms with van der Waals surface area (Å²) in [5, 5.41) is 2.55. The number of carbonyl (C=O) groups is 3. The number of hydrogen-bond acceptors (Lipinski definition) is 7. The van der Waals surface area contributed by atoms with Gasteiger partial charge in [0.15, 0.2) is 6.61 Å². The molecular formula is C17H17N3O7. The molecule has 0 saturated heterocycles. The zero-order valence-electron chi connectivity index (χ0n) is 14.4. The minimum absolute atomic E-state index is 0.178. The van der Waals surface area contributed by atoms with E-state index in [9.17, 15) is 24.0 Å². The number of aromatic amines is 1. The lowest BCUT2D eigenvalue weighted by Crippen LogP contribution is -2.33. The van der Waals surface area contributed by atoms with Crippen molar-refractivity contribution in [1.82, 2.24) is 14.9 Å². The molecule has 142 valence electrons. The highest BCUT2D eigenvalue weighted by molar-refractivity contribution is 5.89. The van der Waals surface area contributed by atoms with Crippen LogP contribution in [0.25, 0.3) is 0 Å². The third-order valence-corrected chi connectivity index (χ3v) is 3.43. The Morgan fingerprint density at radius 2 is 1.81 bits per heavy atom. The fourth-order valence-electron chi connectivity index (χ4n) is 2.03. The van der Waals surface area contributed by atoms with Gasteiger partial charge >= 0.3 is 17.6 Å². The first-order chi connectivity index (χ1) is 12.9. The van der Waals surface area contributed by atoms with Crippen LogP contribution in [0.2, 0.25) is 0 Å². The minimum Gasteiger partial charge on any atom is -0.465 e. The van der Waals surface area contributed by atoms with Crippen LogP contribution in [-0.4, -0.2) is 41.1 Å². The smallest absolute Gasteiger partial charge is 0.337 e. The molecule has 2 rings (SSSR count). The number of ether oxygens (including phenoxy) is 2. The molecule has 0 radical (unpaired) electrons. The lowest BCUT2D eigenvalue weighted by Gasteiger charge is -2.08. The second kappa shape index (κ2) is 9.13. The largest absolute Gasteiger partial charge is 0.465 e. The lowest BCUT2D eigenvalue weighted by molar-refractivity contribution is -0.149. The number of carbonyl (C=O) groups excluding carboxylic acids is 3. The van der Waals surface area contributed by atoms with Gasteiger partial charge in [-0.3, -0.25) is 23.9 Å². The Hall–Kier alpha value is -3.69. The molecule has 2 N–H and O–H groups in total. The number of methoxy groups -OCH3 is 1. The molecule has 27 heavy (non-hydrogen) atoms. The fraction of sp³-hybridized carbons (Fsp3) is 0.235. The summed E-state index contributed by atoms with van der Waals surface area (Å²) in [6, 6.07) is 7.53. The molecule has 0 aliphatic heterocycles. The van der Waals surface area contributed by atoms with Crippen LogP contribution in [0.4, 0.5) is 0 Å². The van der Waals surface area contributed by atoms with E-state index in [2.05, 4.69) is 10.1 Å². The van der Waals surface area contributed by atoms with E-state index in [1.165, 1.54) is 7.11 Å². The quantitative estimate of drug-likeness (QED) is 0.604. The third-order valence-electron chi connectivity index (χ3n) is 3.43. The van der Waals surface area contributed by atoms with Crippen molar-refractivity contribution in [2.24, 2.45) is 0 Å². The van der Waals surface area contributed by atoms with E-state index < -0.39 is 42.2 Å². The van der Waals surface area contributed by atoms with Crippen molar-refractivity contribution in [2.75, 3.05) is 13.7 Å². The molecule has 1 aromatic heterocycles. The van der Waals surface area contributed by atoms with Gasteiger partial charge in [0.2, 0.25) is 0 Å². The molecule has 1 heterocycles. The maximum Gasteiger partial charge on any atom is 0.337 e. The number of hydrogen-bond donors (Lipinski definition) is 2. The van der Waals surface area contributed by atoms with E-state index in [0.717, 1.165) is 22.4 Å². The first-order valence-corrected chi connectivity index (χ1v) is 7.78. The van der Waals surface area contributed by atoms with Crippen molar-refractivity contribution >= 4 is 17.8 Å². The summed E-state index contributed by atoms with van der Waals surface area (Å²) in [4.78, 5) is 59.1. The zero-order chi connectivity index (χ0) is 19.8. The van der Waals surface area contributed by atoms with Gasteiger partial charge in [0.25, 0.3) is 11.5 Å². The molecule has 10 heteroatoms. The number of nitrogens with one attached hydrogen (secondary N) is 2. The van der Waals surface area contributed by atoms with Crippen LogP contribution in [-0.2, 0) is 32.2 Å². The maximum atomic E-state index is 11.7. The first-order valence-electron chi connectivity index (χ1n) is 7.78. The predicted molar refractivity (Wildman–Crippen MR) is 91.9 cm³/mol. The van der Waals surface area contributed by atoms with Crippen LogP contribution in [0.15, 0.2) is 46.1 Å². The Morgan fingerprint density at radius 3 is 2.44 bits per heavy atom. The van der Waals surface area contributed by atoms with Gasteiger partial charge in [0.1, 0.15) is 6.54 Å². The second-order valence-electron chi connectivity index (χ2n) is 5.36. The van der Waals surface area contributed by atoms with Gasteiger partial charge in [-0.2, -0.15) is 0 Å². The summed E-state index contributed by atoms with van der Waals surface area (Å²) in [5.74, 6) is -1.80. The van der Waals surface area contributed by atoms with E-state index in [0.29, 0.717) is 5.56 Å². The summed E-state index contributed by atoms with van der Waals surface area (Å²) >= 11 is 0. The Labute approximate surface area is 152 Å². The Bertz CT molecular complexity index is 944. The number of aromatic nitrogens is 2. The summed E-state index contributed by atoms with van der Waals surface area (Å²) in [6.07, 6.45) is 1.15. The molecule has 0 unspecified atom stereocenters. The standard InChI is InChI=1S/C17H17N3O7/c1-26-16(24)12-4-2-11(3-5-12)8-18-14(22)10-27-15(23)9-20-7-6-13(21)19-17(20)25/h2-7H,8-10H2,1H3,(H,18,22)(H,19,21,25). The van der Waals surface area contributed by atoms with Gasteiger partial charge in [0, 0.05) is 18.8 Å². The van der Waals surface area contributed by atoms with Crippen LogP contribution < -0.4 is 16.6 Å². The van der Waals surface area contributed by atoms with Crippen LogP contribution >= 0.6 is 0 Å².